The molecular formula is C13H8ClN3O3. The van der Waals surface area contributed by atoms with E-state index >= 15 is 0 Å². The first kappa shape index (κ1) is 12.6. The van der Waals surface area contributed by atoms with E-state index < -0.39 is 11.4 Å². The van der Waals surface area contributed by atoms with E-state index in [0.717, 1.165) is 5.56 Å². The van der Waals surface area contributed by atoms with Gasteiger partial charge in [-0.15, -0.1) is 10.2 Å². The van der Waals surface area contributed by atoms with Gasteiger partial charge in [-0.2, -0.15) is 0 Å². The van der Waals surface area contributed by atoms with E-state index in [2.05, 4.69) is 14.6 Å². The van der Waals surface area contributed by atoms with Gasteiger partial charge in [0, 0.05) is 0 Å². The van der Waals surface area contributed by atoms with Crippen molar-refractivity contribution in [2.45, 2.75) is 6.54 Å². The normalized spacial score (nSPS) is 10.8. The first-order chi connectivity index (χ1) is 9.65. The summed E-state index contributed by atoms with van der Waals surface area (Å²) in [6.45, 7) is 0.232. The summed E-state index contributed by atoms with van der Waals surface area (Å²) in [7, 11) is 0. The maximum Gasteiger partial charge on any atom is 0.423 e. The molecular weight excluding hydrogens is 282 g/mol. The van der Waals surface area contributed by atoms with Crippen LogP contribution in [0.15, 0.2) is 50.4 Å². The lowest BCUT2D eigenvalue weighted by atomic mass is 10.2. The second-order valence-electron chi connectivity index (χ2n) is 4.13. The van der Waals surface area contributed by atoms with Gasteiger partial charge in [-0.3, -0.25) is 4.57 Å². The number of fused-ring (bicyclic) bond motifs is 1. The third kappa shape index (κ3) is 2.21. The molecule has 0 fully saturated rings. The highest BCUT2D eigenvalue weighted by Gasteiger charge is 2.12. The summed E-state index contributed by atoms with van der Waals surface area (Å²) in [6.07, 6.45) is 0. The van der Waals surface area contributed by atoms with E-state index in [0.29, 0.717) is 0 Å². The fourth-order valence-corrected chi connectivity index (χ4v) is 2.04. The molecule has 0 saturated carbocycles. The van der Waals surface area contributed by atoms with Gasteiger partial charge in [-0.05, 0) is 11.6 Å². The lowest BCUT2D eigenvalue weighted by molar-refractivity contribution is 0.422. The summed E-state index contributed by atoms with van der Waals surface area (Å²) in [5.74, 6) is -0.775. The molecule has 1 aromatic carbocycles. The second kappa shape index (κ2) is 4.90. The molecule has 2 aromatic heterocycles. The molecule has 3 aromatic rings. The summed E-state index contributed by atoms with van der Waals surface area (Å²) in [5.41, 5.74) is 0.257. The minimum absolute atomic E-state index is 0.0645. The fraction of sp³-hybridized carbons (Fsp3) is 0.0769. The highest BCUT2D eigenvalue weighted by molar-refractivity contribution is 6.29. The van der Waals surface area contributed by atoms with Gasteiger partial charge in [0.15, 0.2) is 10.8 Å². The Hall–Kier alpha value is -2.47. The van der Waals surface area contributed by atoms with Gasteiger partial charge < -0.3 is 4.42 Å². The van der Waals surface area contributed by atoms with Gasteiger partial charge in [0.05, 0.1) is 6.54 Å². The Morgan fingerprint density at radius 1 is 1.15 bits per heavy atom. The van der Waals surface area contributed by atoms with Gasteiger partial charge >= 0.3 is 11.4 Å². The molecule has 0 N–H and O–H groups in total. The van der Waals surface area contributed by atoms with Crippen LogP contribution < -0.4 is 11.4 Å². The first-order valence-corrected chi connectivity index (χ1v) is 6.14. The molecule has 100 valence electrons. The zero-order chi connectivity index (χ0) is 14.1. The second-order valence-corrected chi connectivity index (χ2v) is 4.52. The van der Waals surface area contributed by atoms with Crippen molar-refractivity contribution in [2.75, 3.05) is 0 Å². The van der Waals surface area contributed by atoms with Crippen LogP contribution in [0.25, 0.3) is 11.0 Å². The molecule has 0 unspecified atom stereocenters. The van der Waals surface area contributed by atoms with Crippen molar-refractivity contribution in [3.05, 3.63) is 68.1 Å². The number of aromatic nitrogens is 3. The Labute approximate surface area is 117 Å². The quantitative estimate of drug-likeness (QED) is 0.713. The van der Waals surface area contributed by atoms with Crippen LogP contribution >= 0.6 is 11.6 Å². The van der Waals surface area contributed by atoms with Crippen molar-refractivity contribution < 1.29 is 4.42 Å². The van der Waals surface area contributed by atoms with Crippen LogP contribution in [0.4, 0.5) is 0 Å². The summed E-state index contributed by atoms with van der Waals surface area (Å²) in [4.78, 5) is 23.5. The number of hydrogen-bond donors (Lipinski definition) is 0. The molecule has 0 saturated heterocycles. The highest BCUT2D eigenvalue weighted by Crippen LogP contribution is 2.11. The van der Waals surface area contributed by atoms with Crippen molar-refractivity contribution in [1.82, 2.24) is 14.8 Å². The van der Waals surface area contributed by atoms with E-state index in [9.17, 15) is 9.59 Å². The molecule has 7 heteroatoms. The zero-order valence-corrected chi connectivity index (χ0v) is 10.9. The minimum Gasteiger partial charge on any atom is -0.372 e. The molecule has 0 aliphatic rings. The summed E-state index contributed by atoms with van der Waals surface area (Å²) in [5, 5.41) is 7.68. The Balaban J connectivity index is 2.25. The third-order valence-electron chi connectivity index (χ3n) is 2.80. The predicted octanol–water partition coefficient (Wildman–Crippen LogP) is 1.45. The number of hydrogen-bond acceptors (Lipinski definition) is 5. The Morgan fingerprint density at radius 3 is 2.65 bits per heavy atom. The fourth-order valence-electron chi connectivity index (χ4n) is 1.89. The van der Waals surface area contributed by atoms with Crippen LogP contribution in [0.2, 0.25) is 5.15 Å². The highest BCUT2D eigenvalue weighted by atomic mass is 35.5. The largest absolute Gasteiger partial charge is 0.423 e. The van der Waals surface area contributed by atoms with Gasteiger partial charge in [0.1, 0.15) is 5.39 Å². The lowest BCUT2D eigenvalue weighted by Gasteiger charge is -2.06. The maximum atomic E-state index is 11.8. The van der Waals surface area contributed by atoms with E-state index in [1.54, 1.807) is 0 Å². The van der Waals surface area contributed by atoms with Crippen LogP contribution in [0.3, 0.4) is 0 Å². The van der Waals surface area contributed by atoms with E-state index in [1.807, 2.05) is 30.3 Å². The number of halogens is 1. The zero-order valence-electron chi connectivity index (χ0n) is 10.1. The van der Waals surface area contributed by atoms with E-state index in [-0.39, 0.29) is 22.7 Å². The van der Waals surface area contributed by atoms with Crippen LogP contribution in [0.1, 0.15) is 5.56 Å². The van der Waals surface area contributed by atoms with Crippen LogP contribution in [-0.4, -0.2) is 14.8 Å². The molecule has 0 amide bonds. The number of benzene rings is 1. The van der Waals surface area contributed by atoms with Gasteiger partial charge in [-0.1, -0.05) is 41.9 Å². The molecule has 0 spiro atoms. The molecule has 0 aliphatic carbocycles. The van der Waals surface area contributed by atoms with Crippen LogP contribution in [-0.2, 0) is 6.54 Å². The van der Waals surface area contributed by atoms with Crippen molar-refractivity contribution >= 4 is 22.6 Å². The Kier molecular flexibility index (Phi) is 3.08. The van der Waals surface area contributed by atoms with Gasteiger partial charge in [-0.25, -0.2) is 9.59 Å². The summed E-state index contributed by atoms with van der Waals surface area (Å²) >= 11 is 5.70. The Bertz CT molecular complexity index is 887. The standard InChI is InChI=1S/C13H8ClN3O3/c14-10-6-9-11(16-15-10)17(13(19)20-12(9)18)7-8-4-2-1-3-5-8/h1-6H,7H2. The van der Waals surface area contributed by atoms with Crippen LogP contribution in [0.5, 0.6) is 0 Å². The molecule has 0 bridgehead atoms. The molecule has 0 aliphatic heterocycles. The average Bonchev–Trinajstić information content (AvgIpc) is 2.45. The van der Waals surface area contributed by atoms with Crippen molar-refractivity contribution in [3.63, 3.8) is 0 Å². The topological polar surface area (TPSA) is 78.0 Å². The van der Waals surface area contributed by atoms with Crippen molar-refractivity contribution in [3.8, 4) is 0 Å². The number of rotatable bonds is 2. The molecule has 3 rings (SSSR count). The van der Waals surface area contributed by atoms with Gasteiger partial charge in [0.2, 0.25) is 0 Å². The van der Waals surface area contributed by atoms with Gasteiger partial charge in [0.25, 0.3) is 0 Å². The summed E-state index contributed by atoms with van der Waals surface area (Å²) < 4.78 is 5.92. The average molecular weight is 290 g/mol. The van der Waals surface area contributed by atoms with E-state index in [4.69, 9.17) is 11.6 Å². The first-order valence-electron chi connectivity index (χ1n) is 5.76. The molecule has 0 radical (unpaired) electrons. The molecule has 0 atom stereocenters. The molecule has 6 nitrogen and oxygen atoms in total. The minimum atomic E-state index is -0.775. The van der Waals surface area contributed by atoms with Crippen molar-refractivity contribution in [1.29, 1.82) is 0 Å². The molecule has 2 heterocycles. The Morgan fingerprint density at radius 2 is 1.90 bits per heavy atom. The number of nitrogens with zero attached hydrogens (tertiary/aromatic N) is 3. The third-order valence-corrected chi connectivity index (χ3v) is 2.99. The SMILES string of the molecule is O=c1oc(=O)n(Cc2ccccc2)c2nnc(Cl)cc12. The maximum absolute atomic E-state index is 11.8. The lowest BCUT2D eigenvalue weighted by Crippen LogP contribution is -2.26. The molecule has 20 heavy (non-hydrogen) atoms. The summed E-state index contributed by atoms with van der Waals surface area (Å²) in [6, 6.07) is 10.6. The van der Waals surface area contributed by atoms with E-state index in [1.165, 1.54) is 10.6 Å². The predicted molar refractivity (Wildman–Crippen MR) is 72.9 cm³/mol. The van der Waals surface area contributed by atoms with Crippen LogP contribution in [0, 0.1) is 0 Å². The smallest absolute Gasteiger partial charge is 0.372 e. The monoisotopic (exact) mass is 289 g/mol. The van der Waals surface area contributed by atoms with Crippen molar-refractivity contribution in [2.24, 2.45) is 0 Å².